The molecule has 0 unspecified atom stereocenters. The Kier molecular flexibility index (Phi) is 4.53. The predicted octanol–water partition coefficient (Wildman–Crippen LogP) is 3.05. The molecule has 0 spiro atoms. The fourth-order valence-corrected chi connectivity index (χ4v) is 2.14. The third-order valence-electron chi connectivity index (χ3n) is 3.13. The van der Waals surface area contributed by atoms with Crippen LogP contribution in [0.2, 0.25) is 5.02 Å². The first-order valence-electron chi connectivity index (χ1n) is 6.98. The van der Waals surface area contributed by atoms with Gasteiger partial charge in [-0.1, -0.05) is 23.7 Å². The number of aliphatic imine (C=N–C) groups is 1. The molecule has 2 aromatic heterocycles. The molecule has 24 heavy (non-hydrogen) atoms. The molecule has 3 rings (SSSR count). The first-order chi connectivity index (χ1) is 11.6. The Labute approximate surface area is 142 Å². The van der Waals surface area contributed by atoms with Gasteiger partial charge in [-0.05, 0) is 29.8 Å². The number of nitrogens with zero attached hydrogens (tertiary/aromatic N) is 3. The molecule has 0 radical (unpaired) electrons. The number of nitrogens with two attached hydrogens (primary N) is 1. The van der Waals surface area contributed by atoms with Crippen molar-refractivity contribution in [2.45, 2.75) is 0 Å². The van der Waals surface area contributed by atoms with E-state index in [1.807, 2.05) is 0 Å². The third kappa shape index (κ3) is 3.58. The molecule has 8 heteroatoms. The lowest BCUT2D eigenvalue weighted by molar-refractivity contribution is 0.100. The monoisotopic (exact) mass is 340 g/mol. The molecule has 3 aromatic rings. The number of anilines is 2. The number of benzene rings is 1. The number of primary amides is 1. The van der Waals surface area contributed by atoms with Crippen LogP contribution >= 0.6 is 11.6 Å². The summed E-state index contributed by atoms with van der Waals surface area (Å²) < 4.78 is 0. The smallest absolute Gasteiger partial charge is 0.256 e. The Morgan fingerprint density at radius 1 is 1.29 bits per heavy atom. The number of hydrogen-bond donors (Lipinski definition) is 3. The minimum absolute atomic E-state index is 0.170. The highest BCUT2D eigenvalue weighted by atomic mass is 35.5. The molecule has 0 saturated carbocycles. The van der Waals surface area contributed by atoms with E-state index in [-0.39, 0.29) is 11.4 Å². The van der Waals surface area contributed by atoms with E-state index >= 15 is 0 Å². The summed E-state index contributed by atoms with van der Waals surface area (Å²) in [4.78, 5) is 20.0. The summed E-state index contributed by atoms with van der Waals surface area (Å²) in [5.74, 6) is -0.0824. The minimum atomic E-state index is -0.640. The van der Waals surface area contributed by atoms with Crippen LogP contribution in [0.4, 0.5) is 17.3 Å². The number of halogens is 1. The van der Waals surface area contributed by atoms with Gasteiger partial charge in [0.05, 0.1) is 11.9 Å². The Balaban J connectivity index is 1.88. The zero-order valence-corrected chi connectivity index (χ0v) is 13.2. The van der Waals surface area contributed by atoms with Crippen molar-refractivity contribution in [1.29, 1.82) is 0 Å². The van der Waals surface area contributed by atoms with Gasteiger partial charge in [0, 0.05) is 17.4 Å². The van der Waals surface area contributed by atoms with Gasteiger partial charge in [0.15, 0.2) is 11.6 Å². The molecule has 4 N–H and O–H groups in total. The van der Waals surface area contributed by atoms with Gasteiger partial charge in [-0.3, -0.25) is 14.9 Å². The highest BCUT2D eigenvalue weighted by Crippen LogP contribution is 2.25. The molecule has 0 bridgehead atoms. The molecule has 0 aliphatic heterocycles. The Bertz CT molecular complexity index is 873. The largest absolute Gasteiger partial charge is 0.365 e. The van der Waals surface area contributed by atoms with Crippen molar-refractivity contribution in [3.63, 3.8) is 0 Å². The summed E-state index contributed by atoms with van der Waals surface area (Å²) in [6.45, 7) is 0. The predicted molar refractivity (Wildman–Crippen MR) is 93.3 cm³/mol. The lowest BCUT2D eigenvalue weighted by Crippen LogP contribution is -2.12. The number of carbonyl (C=O) groups excluding carboxylic acids is 1. The van der Waals surface area contributed by atoms with Crippen molar-refractivity contribution >= 4 is 41.0 Å². The van der Waals surface area contributed by atoms with E-state index in [2.05, 4.69) is 25.5 Å². The zero-order valence-electron chi connectivity index (χ0n) is 12.4. The third-order valence-corrected chi connectivity index (χ3v) is 3.38. The topological polar surface area (TPSA) is 109 Å². The number of amides is 1. The second-order valence-electron chi connectivity index (χ2n) is 4.84. The minimum Gasteiger partial charge on any atom is -0.365 e. The molecule has 2 heterocycles. The van der Waals surface area contributed by atoms with Crippen molar-refractivity contribution in [1.82, 2.24) is 15.2 Å². The number of pyridine rings is 1. The highest BCUT2D eigenvalue weighted by molar-refractivity contribution is 6.30. The molecule has 1 aromatic carbocycles. The van der Waals surface area contributed by atoms with E-state index < -0.39 is 5.91 Å². The molecule has 1 amide bonds. The van der Waals surface area contributed by atoms with Crippen molar-refractivity contribution in [3.05, 3.63) is 64.9 Å². The number of hydrogen-bond acceptors (Lipinski definition) is 5. The van der Waals surface area contributed by atoms with Gasteiger partial charge in [0.2, 0.25) is 0 Å². The summed E-state index contributed by atoms with van der Waals surface area (Å²) >= 11 is 5.84. The number of aromatic amines is 1. The van der Waals surface area contributed by atoms with Gasteiger partial charge in [0.25, 0.3) is 5.91 Å². The van der Waals surface area contributed by atoms with E-state index in [1.165, 1.54) is 0 Å². The maximum atomic E-state index is 11.8. The Morgan fingerprint density at radius 3 is 2.75 bits per heavy atom. The number of carbonyl (C=O) groups is 1. The highest BCUT2D eigenvalue weighted by Gasteiger charge is 2.18. The second-order valence-corrected chi connectivity index (χ2v) is 5.27. The maximum absolute atomic E-state index is 11.8. The lowest BCUT2D eigenvalue weighted by Gasteiger charge is -2.03. The summed E-state index contributed by atoms with van der Waals surface area (Å²) in [7, 11) is 0. The van der Waals surface area contributed by atoms with Crippen LogP contribution in [-0.4, -0.2) is 27.3 Å². The first kappa shape index (κ1) is 15.7. The molecule has 0 aliphatic carbocycles. The van der Waals surface area contributed by atoms with Crippen LogP contribution in [0.5, 0.6) is 0 Å². The van der Waals surface area contributed by atoms with Gasteiger partial charge < -0.3 is 11.1 Å². The van der Waals surface area contributed by atoms with E-state index in [1.54, 1.807) is 55.0 Å². The number of nitrogens with one attached hydrogen (secondary N) is 2. The second kappa shape index (κ2) is 6.93. The summed E-state index contributed by atoms with van der Waals surface area (Å²) in [6, 6.07) is 10.7. The zero-order chi connectivity index (χ0) is 16.9. The Hall–Kier alpha value is -3.19. The molecule has 120 valence electrons. The normalized spacial score (nSPS) is 10.9. The molecule has 0 saturated heterocycles. The average molecular weight is 341 g/mol. The van der Waals surface area contributed by atoms with Crippen LogP contribution < -0.4 is 11.1 Å². The Morgan fingerprint density at radius 2 is 2.08 bits per heavy atom. The van der Waals surface area contributed by atoms with E-state index in [4.69, 9.17) is 17.3 Å². The van der Waals surface area contributed by atoms with Crippen molar-refractivity contribution < 1.29 is 4.79 Å². The number of rotatable bonds is 5. The molecule has 7 nitrogen and oxygen atoms in total. The molecule has 0 aliphatic rings. The standard InChI is InChI=1S/C16H13ClN6O/c17-11-5-3-10(4-6-11)8-20-15-13(14(18)24)16(23-22-15)21-12-2-1-7-19-9-12/h1-9H,(H2,18,24)(H2,21,22,23). The van der Waals surface area contributed by atoms with Crippen LogP contribution in [0.15, 0.2) is 53.8 Å². The van der Waals surface area contributed by atoms with Crippen molar-refractivity contribution in [2.75, 3.05) is 5.32 Å². The molecular formula is C16H13ClN6O. The van der Waals surface area contributed by atoms with Crippen LogP contribution in [0.3, 0.4) is 0 Å². The molecule has 0 atom stereocenters. The summed E-state index contributed by atoms with van der Waals surface area (Å²) in [5, 5.41) is 10.4. The summed E-state index contributed by atoms with van der Waals surface area (Å²) in [5.41, 5.74) is 7.13. The maximum Gasteiger partial charge on any atom is 0.256 e. The quantitative estimate of drug-likeness (QED) is 0.620. The van der Waals surface area contributed by atoms with Crippen LogP contribution in [0.25, 0.3) is 0 Å². The number of aromatic nitrogens is 3. The van der Waals surface area contributed by atoms with Crippen LogP contribution in [0.1, 0.15) is 15.9 Å². The SMILES string of the molecule is NC(=O)c1c(Nc2cccnc2)n[nH]c1N=Cc1ccc(Cl)cc1. The van der Waals surface area contributed by atoms with Crippen LogP contribution in [-0.2, 0) is 0 Å². The van der Waals surface area contributed by atoms with Gasteiger partial charge >= 0.3 is 0 Å². The number of H-pyrrole nitrogens is 1. The fourth-order valence-electron chi connectivity index (χ4n) is 2.01. The van der Waals surface area contributed by atoms with Gasteiger partial charge in [0.1, 0.15) is 5.56 Å². The molecular weight excluding hydrogens is 328 g/mol. The van der Waals surface area contributed by atoms with Gasteiger partial charge in [-0.25, -0.2) is 4.99 Å². The van der Waals surface area contributed by atoms with Gasteiger partial charge in [-0.2, -0.15) is 5.10 Å². The fraction of sp³-hybridized carbons (Fsp3) is 0. The van der Waals surface area contributed by atoms with Crippen LogP contribution in [0, 0.1) is 0 Å². The average Bonchev–Trinajstić information content (AvgIpc) is 2.98. The lowest BCUT2D eigenvalue weighted by atomic mass is 10.2. The van der Waals surface area contributed by atoms with Gasteiger partial charge in [-0.15, -0.1) is 0 Å². The summed E-state index contributed by atoms with van der Waals surface area (Å²) in [6.07, 6.45) is 4.84. The van der Waals surface area contributed by atoms with Crippen molar-refractivity contribution in [2.24, 2.45) is 10.7 Å². The van der Waals surface area contributed by atoms with E-state index in [0.29, 0.717) is 16.5 Å². The first-order valence-corrected chi connectivity index (χ1v) is 7.36. The molecule has 0 fully saturated rings. The van der Waals surface area contributed by atoms with Crippen molar-refractivity contribution in [3.8, 4) is 0 Å². The van der Waals surface area contributed by atoms with E-state index in [0.717, 1.165) is 5.56 Å². The van der Waals surface area contributed by atoms with E-state index in [9.17, 15) is 4.79 Å².